The molecule has 3 rings (SSSR count). The molecule has 3 aliphatic rings. The number of fused-ring (bicyclic) bond motifs is 1. The molecule has 0 aromatic rings. The lowest BCUT2D eigenvalue weighted by molar-refractivity contribution is -0.192. The SMILES string of the molecule is CC(C)CN1CCS(=O)(=O)[C@@H]2CCN(C(=O)C3CC3)CC[C@@H]21.O=C(O)C(F)(F)F. The average Bonchev–Trinajstić information content (AvgIpc) is 3.42. The maximum atomic E-state index is 12.5. The van der Waals surface area contributed by atoms with Gasteiger partial charge in [-0.1, -0.05) is 13.8 Å². The van der Waals surface area contributed by atoms with Crippen LogP contribution in [-0.2, 0) is 19.4 Å². The van der Waals surface area contributed by atoms with Crippen LogP contribution < -0.4 is 0 Å². The van der Waals surface area contributed by atoms with Gasteiger partial charge in [-0.15, -0.1) is 0 Å². The van der Waals surface area contributed by atoms with Crippen LogP contribution in [0.5, 0.6) is 0 Å². The number of nitrogens with zero attached hydrogens (tertiary/aromatic N) is 2. The molecule has 0 radical (unpaired) electrons. The molecule has 2 heterocycles. The average molecular weight is 443 g/mol. The van der Waals surface area contributed by atoms with Crippen LogP contribution in [-0.4, -0.2) is 84.6 Å². The number of carboxylic acids is 1. The van der Waals surface area contributed by atoms with E-state index >= 15 is 0 Å². The van der Waals surface area contributed by atoms with Gasteiger partial charge in [-0.2, -0.15) is 13.2 Å². The number of hydrogen-bond acceptors (Lipinski definition) is 5. The molecule has 2 aliphatic heterocycles. The molecule has 0 aromatic heterocycles. The zero-order valence-electron chi connectivity index (χ0n) is 16.7. The van der Waals surface area contributed by atoms with Crippen LogP contribution in [0.2, 0.25) is 0 Å². The fourth-order valence-electron chi connectivity index (χ4n) is 3.96. The number of likely N-dealkylation sites (tertiary alicyclic amines) is 1. The van der Waals surface area contributed by atoms with E-state index in [1.807, 2.05) is 4.90 Å². The third-order valence-electron chi connectivity index (χ3n) is 5.48. The van der Waals surface area contributed by atoms with E-state index < -0.39 is 22.0 Å². The number of hydrogen-bond donors (Lipinski definition) is 1. The van der Waals surface area contributed by atoms with Crippen LogP contribution in [0.3, 0.4) is 0 Å². The van der Waals surface area contributed by atoms with Gasteiger partial charge in [0, 0.05) is 38.1 Å². The van der Waals surface area contributed by atoms with Gasteiger partial charge < -0.3 is 10.0 Å². The van der Waals surface area contributed by atoms with Gasteiger partial charge in [-0.3, -0.25) is 9.69 Å². The van der Waals surface area contributed by atoms with E-state index in [1.54, 1.807) is 0 Å². The molecule has 1 amide bonds. The quantitative estimate of drug-likeness (QED) is 0.716. The summed E-state index contributed by atoms with van der Waals surface area (Å²) < 4.78 is 56.7. The standard InChI is InChI=1S/C16H28N2O3S.C2HF3O2/c1-12(2)11-18-9-10-22(20,21)15-6-8-17(7-5-14(15)18)16(19)13-3-4-13;3-2(4,5)1(6)7/h12-15H,3-11H2,1-2H3;(H,6,7)/t14-,15+;/m0./s1. The van der Waals surface area contributed by atoms with Crippen molar-refractivity contribution in [2.75, 3.05) is 31.9 Å². The number of rotatable bonds is 3. The number of aliphatic carboxylic acids is 1. The molecule has 1 N–H and O–H groups in total. The summed E-state index contributed by atoms with van der Waals surface area (Å²) in [5.74, 6) is -1.46. The minimum Gasteiger partial charge on any atom is -0.475 e. The fourth-order valence-corrected chi connectivity index (χ4v) is 6.01. The molecular weight excluding hydrogens is 413 g/mol. The summed E-state index contributed by atoms with van der Waals surface area (Å²) in [6.07, 6.45) is -1.64. The summed E-state index contributed by atoms with van der Waals surface area (Å²) in [6.45, 7) is 7.30. The molecule has 0 spiro atoms. The molecule has 7 nitrogen and oxygen atoms in total. The third-order valence-corrected chi connectivity index (χ3v) is 7.71. The van der Waals surface area contributed by atoms with Crippen molar-refractivity contribution in [3.63, 3.8) is 0 Å². The summed E-state index contributed by atoms with van der Waals surface area (Å²) in [5, 5.41) is 6.84. The molecule has 2 atom stereocenters. The van der Waals surface area contributed by atoms with Gasteiger partial charge in [-0.05, 0) is 31.6 Å². The highest BCUT2D eigenvalue weighted by molar-refractivity contribution is 7.92. The lowest BCUT2D eigenvalue weighted by Gasteiger charge is -2.40. The molecule has 0 bridgehead atoms. The zero-order valence-corrected chi connectivity index (χ0v) is 17.5. The largest absolute Gasteiger partial charge is 0.490 e. The number of amides is 1. The Hall–Kier alpha value is -1.36. The summed E-state index contributed by atoms with van der Waals surface area (Å²) in [6, 6.07) is 0.0955. The van der Waals surface area contributed by atoms with Crippen LogP contribution in [0.1, 0.15) is 39.5 Å². The minimum atomic E-state index is -5.08. The summed E-state index contributed by atoms with van der Waals surface area (Å²) in [4.78, 5) is 25.5. The van der Waals surface area contributed by atoms with Crippen LogP contribution in [0.15, 0.2) is 0 Å². The fraction of sp³-hybridized carbons (Fsp3) is 0.889. The molecular formula is C18H29F3N2O5S. The monoisotopic (exact) mass is 442 g/mol. The van der Waals surface area contributed by atoms with Crippen molar-refractivity contribution >= 4 is 21.7 Å². The molecule has 11 heteroatoms. The van der Waals surface area contributed by atoms with Crippen LogP contribution in [0.25, 0.3) is 0 Å². The highest BCUT2D eigenvalue weighted by atomic mass is 32.2. The second-order valence-corrected chi connectivity index (χ2v) is 10.7. The Morgan fingerprint density at radius 1 is 1.07 bits per heavy atom. The predicted molar refractivity (Wildman–Crippen MR) is 100 cm³/mol. The Balaban J connectivity index is 0.000000370. The Labute approximate surface area is 169 Å². The number of carboxylic acid groups (broad SMARTS) is 1. The van der Waals surface area contributed by atoms with Gasteiger partial charge in [-0.25, -0.2) is 13.2 Å². The molecule has 168 valence electrons. The predicted octanol–water partition coefficient (Wildman–Crippen LogP) is 1.78. The highest BCUT2D eigenvalue weighted by Crippen LogP contribution is 2.34. The van der Waals surface area contributed by atoms with Gasteiger partial charge in [0.2, 0.25) is 5.91 Å². The van der Waals surface area contributed by atoms with E-state index in [1.165, 1.54) is 0 Å². The van der Waals surface area contributed by atoms with E-state index in [0.29, 0.717) is 25.4 Å². The van der Waals surface area contributed by atoms with Gasteiger partial charge in [0.25, 0.3) is 0 Å². The number of alkyl halides is 3. The molecule has 1 aliphatic carbocycles. The van der Waals surface area contributed by atoms with E-state index in [4.69, 9.17) is 9.90 Å². The molecule has 29 heavy (non-hydrogen) atoms. The van der Waals surface area contributed by atoms with Crippen molar-refractivity contribution < 1.29 is 36.3 Å². The second kappa shape index (κ2) is 9.20. The van der Waals surface area contributed by atoms with E-state index in [0.717, 1.165) is 32.4 Å². The number of carbonyl (C=O) groups excluding carboxylic acids is 1. The highest BCUT2D eigenvalue weighted by Gasteiger charge is 2.44. The Bertz CT molecular complexity index is 707. The van der Waals surface area contributed by atoms with Crippen LogP contribution >= 0.6 is 0 Å². The van der Waals surface area contributed by atoms with E-state index in [9.17, 15) is 26.4 Å². The maximum Gasteiger partial charge on any atom is 0.490 e. The van der Waals surface area contributed by atoms with Crippen molar-refractivity contribution in [1.82, 2.24) is 9.80 Å². The van der Waals surface area contributed by atoms with Crippen molar-refractivity contribution in [3.8, 4) is 0 Å². The summed E-state index contributed by atoms with van der Waals surface area (Å²) >= 11 is 0. The lowest BCUT2D eigenvalue weighted by Crippen LogP contribution is -2.55. The minimum absolute atomic E-state index is 0.0955. The first kappa shape index (κ1) is 23.9. The Kier molecular flexibility index (Phi) is 7.58. The molecule has 3 fully saturated rings. The summed E-state index contributed by atoms with van der Waals surface area (Å²) in [7, 11) is -3.01. The third kappa shape index (κ3) is 6.56. The normalized spacial score (nSPS) is 27.4. The first-order valence-electron chi connectivity index (χ1n) is 9.87. The number of carbonyl (C=O) groups is 2. The lowest BCUT2D eigenvalue weighted by atomic mass is 10.0. The van der Waals surface area contributed by atoms with Gasteiger partial charge in [0.05, 0.1) is 11.0 Å². The van der Waals surface area contributed by atoms with E-state index in [2.05, 4.69) is 18.7 Å². The maximum absolute atomic E-state index is 12.5. The number of halogens is 3. The van der Waals surface area contributed by atoms with Crippen molar-refractivity contribution in [1.29, 1.82) is 0 Å². The van der Waals surface area contributed by atoms with Gasteiger partial charge in [0.15, 0.2) is 9.84 Å². The van der Waals surface area contributed by atoms with Gasteiger partial charge >= 0.3 is 12.1 Å². The molecule has 0 unspecified atom stereocenters. The molecule has 2 saturated heterocycles. The topological polar surface area (TPSA) is 95.0 Å². The Morgan fingerprint density at radius 3 is 2.10 bits per heavy atom. The number of sulfone groups is 1. The first-order chi connectivity index (χ1) is 13.3. The van der Waals surface area contributed by atoms with Crippen molar-refractivity contribution in [3.05, 3.63) is 0 Å². The molecule has 1 saturated carbocycles. The summed E-state index contributed by atoms with van der Waals surface area (Å²) in [5.41, 5.74) is 0. The zero-order chi connectivity index (χ0) is 22.0. The van der Waals surface area contributed by atoms with Crippen molar-refractivity contribution in [2.45, 2.75) is 57.0 Å². The first-order valence-corrected chi connectivity index (χ1v) is 11.6. The van der Waals surface area contributed by atoms with Crippen molar-refractivity contribution in [2.24, 2.45) is 11.8 Å². The van der Waals surface area contributed by atoms with Crippen LogP contribution in [0.4, 0.5) is 13.2 Å². The van der Waals surface area contributed by atoms with E-state index in [-0.39, 0.29) is 28.9 Å². The van der Waals surface area contributed by atoms with Crippen LogP contribution in [0, 0.1) is 11.8 Å². The molecule has 0 aromatic carbocycles. The Morgan fingerprint density at radius 2 is 1.62 bits per heavy atom. The smallest absolute Gasteiger partial charge is 0.475 e. The second-order valence-electron chi connectivity index (χ2n) is 8.34. The van der Waals surface area contributed by atoms with Gasteiger partial charge in [0.1, 0.15) is 0 Å².